The van der Waals surface area contributed by atoms with E-state index in [1.807, 2.05) is 0 Å². The van der Waals surface area contributed by atoms with Crippen LogP contribution in [-0.2, 0) is 10.0 Å². The number of nitrogens with one attached hydrogen (secondary N) is 2. The molecule has 1 aromatic rings. The van der Waals surface area contributed by atoms with Gasteiger partial charge in [-0.25, -0.2) is 13.1 Å². The van der Waals surface area contributed by atoms with E-state index in [0.717, 1.165) is 11.8 Å². The summed E-state index contributed by atoms with van der Waals surface area (Å²) in [6.07, 6.45) is 1.13. The number of rotatable bonds is 5. The Hall–Kier alpha value is -1.31. The van der Waals surface area contributed by atoms with Crippen molar-refractivity contribution in [2.45, 2.75) is 6.04 Å². The molecule has 7 heteroatoms. The molecule has 1 atom stereocenters. The third-order valence-electron chi connectivity index (χ3n) is 2.66. The van der Waals surface area contributed by atoms with Gasteiger partial charge in [-0.2, -0.15) is 0 Å². The third kappa shape index (κ3) is 3.34. The smallest absolute Gasteiger partial charge is 0.208 e. The van der Waals surface area contributed by atoms with Gasteiger partial charge in [-0.3, -0.25) is 0 Å². The van der Waals surface area contributed by atoms with Gasteiger partial charge < -0.3 is 15.2 Å². The summed E-state index contributed by atoms with van der Waals surface area (Å²) in [5, 5.41) is 12.5. The summed E-state index contributed by atoms with van der Waals surface area (Å²) >= 11 is 0. The lowest BCUT2D eigenvalue weighted by Crippen LogP contribution is -2.33. The first kappa shape index (κ1) is 13.1. The largest absolute Gasteiger partial charge is 0.508 e. The van der Waals surface area contributed by atoms with E-state index in [1.54, 1.807) is 18.2 Å². The maximum atomic E-state index is 10.9. The van der Waals surface area contributed by atoms with Crippen LogP contribution < -0.4 is 14.8 Å². The zero-order chi connectivity index (χ0) is 13.2. The van der Waals surface area contributed by atoms with Crippen LogP contribution in [-0.4, -0.2) is 39.5 Å². The van der Waals surface area contributed by atoms with E-state index in [2.05, 4.69) is 10.0 Å². The molecule has 1 aliphatic rings. The molecule has 100 valence electrons. The number of phenolic OH excluding ortho intramolecular Hbond substituents is 1. The first-order valence-corrected chi connectivity index (χ1v) is 7.48. The van der Waals surface area contributed by atoms with Crippen molar-refractivity contribution in [2.75, 3.05) is 26.0 Å². The number of ether oxygens (including phenoxy) is 1. The van der Waals surface area contributed by atoms with Crippen LogP contribution in [0, 0.1) is 0 Å². The van der Waals surface area contributed by atoms with E-state index < -0.39 is 10.0 Å². The maximum Gasteiger partial charge on any atom is 0.208 e. The molecule has 1 aliphatic heterocycles. The van der Waals surface area contributed by atoms with Crippen molar-refractivity contribution in [3.63, 3.8) is 0 Å². The van der Waals surface area contributed by atoms with Gasteiger partial charge in [-0.1, -0.05) is 0 Å². The Bertz CT molecular complexity index is 530. The summed E-state index contributed by atoms with van der Waals surface area (Å²) in [7, 11) is -3.14. The molecule has 2 rings (SSSR count). The summed E-state index contributed by atoms with van der Waals surface area (Å²) < 4.78 is 29.6. The number of phenols is 1. The van der Waals surface area contributed by atoms with Crippen molar-refractivity contribution < 1.29 is 18.3 Å². The van der Waals surface area contributed by atoms with Gasteiger partial charge in [-0.05, 0) is 12.1 Å². The van der Waals surface area contributed by atoms with Crippen LogP contribution in [0.4, 0.5) is 0 Å². The number of aromatic hydroxyl groups is 1. The van der Waals surface area contributed by atoms with E-state index in [4.69, 9.17) is 4.74 Å². The first-order valence-electron chi connectivity index (χ1n) is 5.59. The summed E-state index contributed by atoms with van der Waals surface area (Å²) in [5.41, 5.74) is 0.979. The molecule has 0 saturated heterocycles. The lowest BCUT2D eigenvalue weighted by Gasteiger charge is -2.11. The van der Waals surface area contributed by atoms with E-state index in [-0.39, 0.29) is 11.8 Å². The highest BCUT2D eigenvalue weighted by Gasteiger charge is 2.23. The SMILES string of the molecule is CS(=O)(=O)NCCNC1COc2cc(O)ccc21. The molecular weight excluding hydrogens is 256 g/mol. The highest BCUT2D eigenvalue weighted by atomic mass is 32.2. The van der Waals surface area contributed by atoms with Crippen molar-refractivity contribution in [1.29, 1.82) is 0 Å². The van der Waals surface area contributed by atoms with Crippen LogP contribution in [0.25, 0.3) is 0 Å². The fourth-order valence-corrected chi connectivity index (χ4v) is 2.32. The fraction of sp³-hybridized carbons (Fsp3) is 0.455. The molecule has 0 radical (unpaired) electrons. The van der Waals surface area contributed by atoms with Gasteiger partial charge in [0.1, 0.15) is 18.1 Å². The summed E-state index contributed by atoms with van der Waals surface area (Å²) in [4.78, 5) is 0. The zero-order valence-corrected chi connectivity index (χ0v) is 10.8. The van der Waals surface area contributed by atoms with Gasteiger partial charge in [0.25, 0.3) is 0 Å². The molecular formula is C11H16N2O4S. The average molecular weight is 272 g/mol. The standard InChI is InChI=1S/C11H16N2O4S/c1-18(15,16)13-5-4-12-10-7-17-11-6-8(14)2-3-9(10)11/h2-3,6,10,12-14H,4-5,7H2,1H3. The molecule has 0 aromatic heterocycles. The lowest BCUT2D eigenvalue weighted by atomic mass is 10.1. The molecule has 0 spiro atoms. The van der Waals surface area contributed by atoms with E-state index in [9.17, 15) is 13.5 Å². The lowest BCUT2D eigenvalue weighted by molar-refractivity contribution is 0.311. The van der Waals surface area contributed by atoms with Crippen LogP contribution in [0.1, 0.15) is 11.6 Å². The molecule has 18 heavy (non-hydrogen) atoms. The van der Waals surface area contributed by atoms with Gasteiger partial charge in [-0.15, -0.1) is 0 Å². The summed E-state index contributed by atoms with van der Waals surface area (Å²) in [5.74, 6) is 0.844. The predicted octanol–water partition coefficient (Wildman–Crippen LogP) is -0.0355. The van der Waals surface area contributed by atoms with E-state index in [1.165, 1.54) is 0 Å². The zero-order valence-electron chi connectivity index (χ0n) is 10.0. The molecule has 0 fully saturated rings. The molecule has 1 heterocycles. The van der Waals surface area contributed by atoms with Crippen molar-refractivity contribution >= 4 is 10.0 Å². The van der Waals surface area contributed by atoms with Gasteiger partial charge >= 0.3 is 0 Å². The molecule has 0 saturated carbocycles. The fourth-order valence-electron chi connectivity index (χ4n) is 1.85. The second kappa shape index (κ2) is 5.13. The Balaban J connectivity index is 1.87. The van der Waals surface area contributed by atoms with Crippen LogP contribution in [0.15, 0.2) is 18.2 Å². The number of benzene rings is 1. The molecule has 3 N–H and O–H groups in total. The Labute approximate surface area is 106 Å². The molecule has 1 aromatic carbocycles. The maximum absolute atomic E-state index is 10.9. The first-order chi connectivity index (χ1) is 8.46. The number of sulfonamides is 1. The minimum atomic E-state index is -3.14. The van der Waals surface area contributed by atoms with E-state index in [0.29, 0.717) is 25.4 Å². The minimum absolute atomic E-state index is 0.0296. The summed E-state index contributed by atoms with van der Waals surface area (Å²) in [6.45, 7) is 1.34. The molecule has 0 aliphatic carbocycles. The number of hydrogen-bond acceptors (Lipinski definition) is 5. The van der Waals surface area contributed by atoms with Crippen LogP contribution in [0.2, 0.25) is 0 Å². The average Bonchev–Trinajstić information content (AvgIpc) is 2.65. The van der Waals surface area contributed by atoms with Crippen molar-refractivity contribution in [3.8, 4) is 11.5 Å². The molecule has 0 bridgehead atoms. The van der Waals surface area contributed by atoms with Crippen LogP contribution in [0.5, 0.6) is 11.5 Å². The van der Waals surface area contributed by atoms with Crippen molar-refractivity contribution in [3.05, 3.63) is 23.8 Å². The van der Waals surface area contributed by atoms with Gasteiger partial charge in [0, 0.05) is 24.7 Å². The Morgan fingerprint density at radius 1 is 1.44 bits per heavy atom. The number of hydrogen-bond donors (Lipinski definition) is 3. The Morgan fingerprint density at radius 2 is 2.22 bits per heavy atom. The molecule has 1 unspecified atom stereocenters. The number of fused-ring (bicyclic) bond motifs is 1. The van der Waals surface area contributed by atoms with E-state index >= 15 is 0 Å². The topological polar surface area (TPSA) is 87.7 Å². The normalized spacial score (nSPS) is 18.4. The quantitative estimate of drug-likeness (QED) is 0.655. The predicted molar refractivity (Wildman–Crippen MR) is 67.2 cm³/mol. The summed E-state index contributed by atoms with van der Waals surface area (Å²) in [6, 6.07) is 5.02. The van der Waals surface area contributed by atoms with Crippen molar-refractivity contribution in [2.24, 2.45) is 0 Å². The minimum Gasteiger partial charge on any atom is -0.508 e. The van der Waals surface area contributed by atoms with Gasteiger partial charge in [0.05, 0.1) is 12.3 Å². The van der Waals surface area contributed by atoms with Crippen LogP contribution >= 0.6 is 0 Å². The Morgan fingerprint density at radius 3 is 2.94 bits per heavy atom. The highest BCUT2D eigenvalue weighted by Crippen LogP contribution is 2.34. The Kier molecular flexibility index (Phi) is 3.74. The van der Waals surface area contributed by atoms with Gasteiger partial charge in [0.15, 0.2) is 0 Å². The molecule has 0 amide bonds. The van der Waals surface area contributed by atoms with Crippen molar-refractivity contribution in [1.82, 2.24) is 10.0 Å². The van der Waals surface area contributed by atoms with Crippen LogP contribution in [0.3, 0.4) is 0 Å². The third-order valence-corrected chi connectivity index (χ3v) is 3.39. The second-order valence-electron chi connectivity index (χ2n) is 4.21. The highest BCUT2D eigenvalue weighted by molar-refractivity contribution is 7.88. The molecule has 6 nitrogen and oxygen atoms in total. The monoisotopic (exact) mass is 272 g/mol. The second-order valence-corrected chi connectivity index (χ2v) is 6.04. The van der Waals surface area contributed by atoms with Gasteiger partial charge in [0.2, 0.25) is 10.0 Å².